The molecule has 23 heavy (non-hydrogen) atoms. The summed E-state index contributed by atoms with van der Waals surface area (Å²) in [5, 5.41) is 0.670. The highest BCUT2D eigenvalue weighted by atomic mass is 35.5. The van der Waals surface area contributed by atoms with Crippen molar-refractivity contribution in [3.63, 3.8) is 0 Å². The number of piperidine rings is 1. The molecule has 1 aliphatic heterocycles. The molecule has 122 valence electrons. The molecule has 2 N–H and O–H groups in total. The maximum absolute atomic E-state index is 6.23. The summed E-state index contributed by atoms with van der Waals surface area (Å²) in [6.45, 7) is 5.80. The Kier molecular flexibility index (Phi) is 4.45. The predicted octanol–water partition coefficient (Wildman–Crippen LogP) is 3.47. The number of aromatic nitrogens is 3. The zero-order valence-electron chi connectivity index (χ0n) is 13.2. The lowest BCUT2D eigenvalue weighted by Crippen LogP contribution is -2.48. The van der Waals surface area contributed by atoms with Crippen LogP contribution in [0, 0.1) is 6.92 Å². The van der Waals surface area contributed by atoms with E-state index in [4.69, 9.17) is 33.9 Å². The molecule has 0 aliphatic carbocycles. The second-order valence-electron chi connectivity index (χ2n) is 6.27. The third-order valence-electron chi connectivity index (χ3n) is 4.27. The van der Waals surface area contributed by atoms with Crippen LogP contribution >= 0.6 is 23.2 Å². The van der Waals surface area contributed by atoms with Gasteiger partial charge in [0, 0.05) is 30.4 Å². The Morgan fingerprint density at radius 1 is 1.22 bits per heavy atom. The van der Waals surface area contributed by atoms with Gasteiger partial charge < -0.3 is 10.6 Å². The summed E-state index contributed by atoms with van der Waals surface area (Å²) in [5.74, 6) is 0.873. The Bertz CT molecular complexity index is 722. The van der Waals surface area contributed by atoms with Gasteiger partial charge in [0.05, 0.1) is 22.6 Å². The predicted molar refractivity (Wildman–Crippen MR) is 94.1 cm³/mol. The quantitative estimate of drug-likeness (QED) is 0.839. The number of nitrogens with two attached hydrogens (primary N) is 1. The highest BCUT2D eigenvalue weighted by Gasteiger charge is 2.27. The first-order chi connectivity index (χ1) is 10.9. The number of rotatable bonds is 2. The highest BCUT2D eigenvalue weighted by molar-refractivity contribution is 6.42. The molecule has 2 aromatic heterocycles. The molecule has 0 spiro atoms. The van der Waals surface area contributed by atoms with Crippen molar-refractivity contribution in [2.24, 2.45) is 5.73 Å². The molecule has 0 aromatic carbocycles. The Morgan fingerprint density at radius 3 is 2.57 bits per heavy atom. The number of hydrogen-bond donors (Lipinski definition) is 1. The largest absolute Gasteiger partial charge is 0.355 e. The summed E-state index contributed by atoms with van der Waals surface area (Å²) in [5.41, 5.74) is 8.39. The first kappa shape index (κ1) is 16.4. The van der Waals surface area contributed by atoms with E-state index in [0.29, 0.717) is 5.02 Å². The molecule has 5 nitrogen and oxygen atoms in total. The van der Waals surface area contributed by atoms with Crippen LogP contribution in [0.1, 0.15) is 25.5 Å². The van der Waals surface area contributed by atoms with Crippen LogP contribution in [0.5, 0.6) is 0 Å². The number of anilines is 1. The van der Waals surface area contributed by atoms with Crippen molar-refractivity contribution >= 4 is 29.0 Å². The summed E-state index contributed by atoms with van der Waals surface area (Å²) in [6, 6.07) is 1.80. The lowest BCUT2D eigenvalue weighted by molar-refractivity contribution is 0.363. The summed E-state index contributed by atoms with van der Waals surface area (Å²) in [4.78, 5) is 15.4. The molecule has 0 atom stereocenters. The van der Waals surface area contributed by atoms with Crippen LogP contribution < -0.4 is 10.6 Å². The van der Waals surface area contributed by atoms with E-state index >= 15 is 0 Å². The molecule has 3 heterocycles. The van der Waals surface area contributed by atoms with E-state index in [2.05, 4.69) is 21.8 Å². The number of nitrogens with zero attached hydrogens (tertiary/aromatic N) is 4. The van der Waals surface area contributed by atoms with Crippen molar-refractivity contribution < 1.29 is 0 Å². The summed E-state index contributed by atoms with van der Waals surface area (Å²) in [6.07, 6.45) is 5.29. The van der Waals surface area contributed by atoms with Crippen molar-refractivity contribution in [3.8, 4) is 11.3 Å². The van der Waals surface area contributed by atoms with Crippen LogP contribution in [0.3, 0.4) is 0 Å². The lowest BCUT2D eigenvalue weighted by atomic mass is 9.91. The smallest absolute Gasteiger partial charge is 0.148 e. The zero-order chi connectivity index (χ0) is 16.6. The molecule has 2 aromatic rings. The molecule has 0 amide bonds. The van der Waals surface area contributed by atoms with Gasteiger partial charge in [0.25, 0.3) is 0 Å². The van der Waals surface area contributed by atoms with Crippen molar-refractivity contribution in [1.82, 2.24) is 15.0 Å². The molecular formula is C16H19Cl2N5. The average molecular weight is 352 g/mol. The van der Waals surface area contributed by atoms with Gasteiger partial charge in [-0.3, -0.25) is 4.98 Å². The van der Waals surface area contributed by atoms with E-state index in [1.807, 2.05) is 6.92 Å². The molecule has 0 saturated carbocycles. The van der Waals surface area contributed by atoms with Gasteiger partial charge in [-0.25, -0.2) is 9.97 Å². The topological polar surface area (TPSA) is 67.9 Å². The fourth-order valence-electron chi connectivity index (χ4n) is 2.73. The van der Waals surface area contributed by atoms with Crippen LogP contribution in [0.2, 0.25) is 10.2 Å². The van der Waals surface area contributed by atoms with Gasteiger partial charge in [0.2, 0.25) is 0 Å². The van der Waals surface area contributed by atoms with Gasteiger partial charge in [-0.05, 0) is 32.8 Å². The molecule has 7 heteroatoms. The van der Waals surface area contributed by atoms with Crippen LogP contribution in [-0.4, -0.2) is 33.6 Å². The molecule has 3 rings (SSSR count). The minimum Gasteiger partial charge on any atom is -0.355 e. The Hall–Kier alpha value is -1.43. The molecule has 1 aliphatic rings. The Labute approximate surface area is 145 Å². The highest BCUT2D eigenvalue weighted by Crippen LogP contribution is 2.33. The van der Waals surface area contributed by atoms with Crippen LogP contribution in [0.15, 0.2) is 18.5 Å². The second kappa shape index (κ2) is 6.23. The van der Waals surface area contributed by atoms with E-state index in [0.717, 1.165) is 48.7 Å². The number of hydrogen-bond acceptors (Lipinski definition) is 5. The van der Waals surface area contributed by atoms with Crippen LogP contribution in [0.25, 0.3) is 11.3 Å². The molecule has 1 fully saturated rings. The number of aryl methyl sites for hydroxylation is 1. The van der Waals surface area contributed by atoms with Crippen LogP contribution in [0.4, 0.5) is 5.82 Å². The normalized spacial score (nSPS) is 17.3. The van der Waals surface area contributed by atoms with E-state index in [-0.39, 0.29) is 10.7 Å². The van der Waals surface area contributed by atoms with Crippen LogP contribution in [-0.2, 0) is 0 Å². The van der Waals surface area contributed by atoms with Gasteiger partial charge in [0.1, 0.15) is 11.0 Å². The van der Waals surface area contributed by atoms with Gasteiger partial charge in [0.15, 0.2) is 0 Å². The summed E-state index contributed by atoms with van der Waals surface area (Å²) < 4.78 is 0. The Morgan fingerprint density at radius 2 is 1.91 bits per heavy atom. The van der Waals surface area contributed by atoms with E-state index in [1.165, 1.54) is 0 Å². The second-order valence-corrected chi connectivity index (χ2v) is 7.00. The molecule has 1 saturated heterocycles. The minimum atomic E-state index is -0.0831. The first-order valence-corrected chi connectivity index (χ1v) is 8.31. The first-order valence-electron chi connectivity index (χ1n) is 7.55. The zero-order valence-corrected chi connectivity index (χ0v) is 14.7. The average Bonchev–Trinajstić information content (AvgIpc) is 2.50. The van der Waals surface area contributed by atoms with E-state index < -0.39 is 0 Å². The van der Waals surface area contributed by atoms with Gasteiger partial charge in [-0.1, -0.05) is 23.2 Å². The number of halogens is 2. The molecular weight excluding hydrogens is 333 g/mol. The monoisotopic (exact) mass is 351 g/mol. The van der Waals surface area contributed by atoms with Gasteiger partial charge in [-0.15, -0.1) is 0 Å². The third-order valence-corrected chi connectivity index (χ3v) is 5.03. The van der Waals surface area contributed by atoms with E-state index in [1.54, 1.807) is 18.5 Å². The fraction of sp³-hybridized carbons (Fsp3) is 0.438. The molecule has 0 unspecified atom stereocenters. The van der Waals surface area contributed by atoms with Crippen molar-refractivity contribution in [1.29, 1.82) is 0 Å². The Balaban J connectivity index is 1.88. The van der Waals surface area contributed by atoms with Crippen molar-refractivity contribution in [2.75, 3.05) is 18.0 Å². The van der Waals surface area contributed by atoms with Gasteiger partial charge in [-0.2, -0.15) is 0 Å². The third kappa shape index (κ3) is 3.42. The SMILES string of the molecule is Cc1nc(N2CCC(C)(N)CC2)cnc1-c1ccnc(Cl)c1Cl. The molecule has 0 bridgehead atoms. The standard InChI is InChI=1S/C16H19Cl2N5/c1-10-14(11-3-6-20-15(18)13(11)17)21-9-12(22-10)23-7-4-16(2,19)5-8-23/h3,6,9H,4-5,7-8,19H2,1-2H3. The van der Waals surface area contributed by atoms with Gasteiger partial charge >= 0.3 is 0 Å². The fourth-order valence-corrected chi connectivity index (χ4v) is 3.09. The minimum absolute atomic E-state index is 0.0831. The number of pyridine rings is 1. The maximum atomic E-state index is 6.23. The molecule has 0 radical (unpaired) electrons. The lowest BCUT2D eigenvalue weighted by Gasteiger charge is -2.37. The maximum Gasteiger partial charge on any atom is 0.148 e. The van der Waals surface area contributed by atoms with E-state index in [9.17, 15) is 0 Å². The van der Waals surface area contributed by atoms with Crippen molar-refractivity contribution in [3.05, 3.63) is 34.3 Å². The summed E-state index contributed by atoms with van der Waals surface area (Å²) >= 11 is 12.2. The van der Waals surface area contributed by atoms with Crippen molar-refractivity contribution in [2.45, 2.75) is 32.2 Å². The summed E-state index contributed by atoms with van der Waals surface area (Å²) in [7, 11) is 0.